The van der Waals surface area contributed by atoms with Gasteiger partial charge in [0.1, 0.15) is 5.76 Å². The molecule has 3 unspecified atom stereocenters. The Balaban J connectivity index is 1.79. The minimum atomic E-state index is 0.300. The van der Waals surface area contributed by atoms with Crippen LogP contribution in [0.5, 0.6) is 0 Å². The zero-order valence-electron chi connectivity index (χ0n) is 11.3. The van der Waals surface area contributed by atoms with Crippen LogP contribution in [-0.4, -0.2) is 30.4 Å². The van der Waals surface area contributed by atoms with Crippen molar-refractivity contribution in [3.63, 3.8) is 0 Å². The van der Waals surface area contributed by atoms with Gasteiger partial charge < -0.3 is 15.2 Å². The second kappa shape index (κ2) is 5.93. The molecule has 0 aromatic heterocycles. The molecule has 2 N–H and O–H groups in total. The fourth-order valence-electron chi connectivity index (χ4n) is 3.43. The Bertz CT molecular complexity index is 411. The third-order valence-corrected chi connectivity index (χ3v) is 4.37. The first-order valence-corrected chi connectivity index (χ1v) is 7.49. The van der Waals surface area contributed by atoms with Crippen molar-refractivity contribution < 1.29 is 9.84 Å². The van der Waals surface area contributed by atoms with Gasteiger partial charge in [0, 0.05) is 24.1 Å². The number of hydrogen-bond donors (Lipinski definition) is 2. The van der Waals surface area contributed by atoms with Gasteiger partial charge in [0.25, 0.3) is 0 Å². The summed E-state index contributed by atoms with van der Waals surface area (Å²) in [5.74, 6) is 1.75. The van der Waals surface area contributed by atoms with Crippen LogP contribution in [0.1, 0.15) is 32.1 Å². The van der Waals surface area contributed by atoms with Crippen LogP contribution in [0.4, 0.5) is 0 Å². The topological polar surface area (TPSA) is 41.5 Å². The molecule has 2 aliphatic heterocycles. The van der Waals surface area contributed by atoms with Crippen LogP contribution in [0.3, 0.4) is 0 Å². The molecule has 3 heteroatoms. The molecule has 0 saturated carbocycles. The molecule has 3 atom stereocenters. The van der Waals surface area contributed by atoms with E-state index in [9.17, 15) is 0 Å². The average molecular weight is 261 g/mol. The van der Waals surface area contributed by atoms with E-state index >= 15 is 0 Å². The van der Waals surface area contributed by atoms with Crippen molar-refractivity contribution in [3.8, 4) is 0 Å². The summed E-state index contributed by atoms with van der Waals surface area (Å²) in [6, 6.07) is 0.806. The van der Waals surface area contributed by atoms with Crippen LogP contribution in [0.25, 0.3) is 0 Å². The molecular formula is C16H23NO2. The normalized spacial score (nSPS) is 32.8. The number of aliphatic hydroxyl groups is 1. The second-order valence-electron chi connectivity index (χ2n) is 5.63. The molecule has 0 aromatic carbocycles. The average Bonchev–Trinajstić information content (AvgIpc) is 2.47. The van der Waals surface area contributed by atoms with Crippen molar-refractivity contribution in [2.24, 2.45) is 5.92 Å². The standard InChI is InChI=1S/C16H23NO2/c18-10-4-3-9-15-13-7-5-11-19-16(13)12-6-1-2-8-14(12)17-15/h1-2,6,8,13-15,17-18H,3-5,7,9-11H2. The molecule has 3 aliphatic rings. The maximum atomic E-state index is 8.94. The lowest BCUT2D eigenvalue weighted by Gasteiger charge is -2.42. The Morgan fingerprint density at radius 1 is 1.32 bits per heavy atom. The molecule has 1 aliphatic carbocycles. The lowest BCUT2D eigenvalue weighted by Crippen LogP contribution is -2.50. The third kappa shape index (κ3) is 2.63. The van der Waals surface area contributed by atoms with E-state index in [0.717, 1.165) is 32.3 Å². The Morgan fingerprint density at radius 3 is 3.16 bits per heavy atom. The molecular weight excluding hydrogens is 238 g/mol. The zero-order chi connectivity index (χ0) is 13.1. The Labute approximate surface area is 115 Å². The van der Waals surface area contributed by atoms with Crippen molar-refractivity contribution in [2.45, 2.75) is 44.2 Å². The second-order valence-corrected chi connectivity index (χ2v) is 5.63. The molecule has 3 rings (SSSR count). The fraction of sp³-hybridized carbons (Fsp3) is 0.625. The first-order chi connectivity index (χ1) is 9.40. The molecule has 0 aromatic rings. The highest BCUT2D eigenvalue weighted by Crippen LogP contribution is 2.37. The lowest BCUT2D eigenvalue weighted by atomic mass is 9.79. The highest BCUT2D eigenvalue weighted by Gasteiger charge is 2.37. The summed E-state index contributed by atoms with van der Waals surface area (Å²) in [5, 5.41) is 12.7. The highest BCUT2D eigenvalue weighted by molar-refractivity contribution is 5.41. The summed E-state index contributed by atoms with van der Waals surface area (Å²) in [6.07, 6.45) is 14.1. The summed E-state index contributed by atoms with van der Waals surface area (Å²) < 4.78 is 5.99. The van der Waals surface area contributed by atoms with E-state index in [-0.39, 0.29) is 0 Å². The van der Waals surface area contributed by atoms with E-state index in [1.165, 1.54) is 17.8 Å². The number of fused-ring (bicyclic) bond motifs is 2. The summed E-state index contributed by atoms with van der Waals surface area (Å²) in [5.41, 5.74) is 1.32. The minimum Gasteiger partial charge on any atom is -0.497 e. The molecule has 3 nitrogen and oxygen atoms in total. The highest BCUT2D eigenvalue weighted by atomic mass is 16.5. The number of aliphatic hydroxyl groups excluding tert-OH is 1. The van der Waals surface area contributed by atoms with Gasteiger partial charge in [-0.1, -0.05) is 24.3 Å². The summed E-state index contributed by atoms with van der Waals surface area (Å²) in [6.45, 7) is 1.16. The number of nitrogens with one attached hydrogen (secondary N) is 1. The summed E-state index contributed by atoms with van der Waals surface area (Å²) in [4.78, 5) is 0. The summed E-state index contributed by atoms with van der Waals surface area (Å²) >= 11 is 0. The van der Waals surface area contributed by atoms with Gasteiger partial charge in [0.2, 0.25) is 0 Å². The molecule has 104 valence electrons. The maximum absolute atomic E-state index is 8.94. The summed E-state index contributed by atoms with van der Waals surface area (Å²) in [7, 11) is 0. The van der Waals surface area contributed by atoms with Crippen molar-refractivity contribution in [1.82, 2.24) is 5.32 Å². The Morgan fingerprint density at radius 2 is 2.26 bits per heavy atom. The Hall–Kier alpha value is -1.06. The number of hydrogen-bond acceptors (Lipinski definition) is 3. The SMILES string of the molecule is OCCCCC1NC2C=CC=CC2=C2OCCCC21. The zero-order valence-corrected chi connectivity index (χ0v) is 11.3. The van der Waals surface area contributed by atoms with Crippen molar-refractivity contribution in [2.75, 3.05) is 13.2 Å². The van der Waals surface area contributed by atoms with Crippen LogP contribution in [0, 0.1) is 5.92 Å². The van der Waals surface area contributed by atoms with Crippen LogP contribution in [0.15, 0.2) is 35.6 Å². The third-order valence-electron chi connectivity index (χ3n) is 4.37. The number of allylic oxidation sites excluding steroid dienone is 2. The Kier molecular flexibility index (Phi) is 4.04. The number of unbranched alkanes of at least 4 members (excludes halogenated alkanes) is 1. The minimum absolute atomic E-state index is 0.300. The van der Waals surface area contributed by atoms with E-state index in [2.05, 4.69) is 29.6 Å². The quantitative estimate of drug-likeness (QED) is 0.763. The molecule has 0 spiro atoms. The van der Waals surface area contributed by atoms with E-state index in [0.29, 0.717) is 24.6 Å². The van der Waals surface area contributed by atoms with Gasteiger partial charge in [-0.3, -0.25) is 0 Å². The van der Waals surface area contributed by atoms with Crippen LogP contribution in [0.2, 0.25) is 0 Å². The van der Waals surface area contributed by atoms with Gasteiger partial charge in [-0.25, -0.2) is 0 Å². The van der Waals surface area contributed by atoms with E-state index < -0.39 is 0 Å². The molecule has 1 saturated heterocycles. The van der Waals surface area contributed by atoms with E-state index in [4.69, 9.17) is 9.84 Å². The van der Waals surface area contributed by atoms with Gasteiger partial charge in [0.05, 0.1) is 12.6 Å². The van der Waals surface area contributed by atoms with Gasteiger partial charge in [-0.15, -0.1) is 0 Å². The molecule has 0 bridgehead atoms. The molecule has 1 fully saturated rings. The van der Waals surface area contributed by atoms with Gasteiger partial charge in [-0.05, 0) is 32.1 Å². The smallest absolute Gasteiger partial charge is 0.106 e. The monoisotopic (exact) mass is 261 g/mol. The number of rotatable bonds is 4. The van der Waals surface area contributed by atoms with Crippen molar-refractivity contribution >= 4 is 0 Å². The largest absolute Gasteiger partial charge is 0.497 e. The van der Waals surface area contributed by atoms with Crippen molar-refractivity contribution in [1.29, 1.82) is 0 Å². The van der Waals surface area contributed by atoms with Gasteiger partial charge in [0.15, 0.2) is 0 Å². The molecule has 2 heterocycles. The molecule has 0 radical (unpaired) electrons. The molecule has 19 heavy (non-hydrogen) atoms. The van der Waals surface area contributed by atoms with Crippen molar-refractivity contribution in [3.05, 3.63) is 35.6 Å². The fourth-order valence-corrected chi connectivity index (χ4v) is 3.43. The molecule has 0 amide bonds. The first kappa shape index (κ1) is 12.9. The van der Waals surface area contributed by atoms with Crippen LogP contribution in [-0.2, 0) is 4.74 Å². The van der Waals surface area contributed by atoms with E-state index in [1.54, 1.807) is 0 Å². The predicted molar refractivity (Wildman–Crippen MR) is 75.6 cm³/mol. The lowest BCUT2D eigenvalue weighted by molar-refractivity contribution is 0.0918. The van der Waals surface area contributed by atoms with Gasteiger partial charge >= 0.3 is 0 Å². The predicted octanol–water partition coefficient (Wildman–Crippen LogP) is 2.30. The number of ether oxygens (including phenoxy) is 1. The van der Waals surface area contributed by atoms with Crippen LogP contribution >= 0.6 is 0 Å². The maximum Gasteiger partial charge on any atom is 0.106 e. The van der Waals surface area contributed by atoms with Crippen LogP contribution < -0.4 is 5.32 Å². The van der Waals surface area contributed by atoms with Gasteiger partial charge in [-0.2, -0.15) is 0 Å². The van der Waals surface area contributed by atoms with E-state index in [1.807, 2.05) is 0 Å². The first-order valence-electron chi connectivity index (χ1n) is 7.49.